The van der Waals surface area contributed by atoms with Crippen molar-refractivity contribution in [2.45, 2.75) is 0 Å². The van der Waals surface area contributed by atoms with Crippen molar-refractivity contribution in [2.24, 2.45) is 0 Å². The fourth-order valence-electron chi connectivity index (χ4n) is 2.18. The van der Waals surface area contributed by atoms with E-state index in [1.807, 2.05) is 0 Å². The second-order valence-corrected chi connectivity index (χ2v) is 5.56. The minimum absolute atomic E-state index is 0. The van der Waals surface area contributed by atoms with Crippen molar-refractivity contribution in [2.75, 3.05) is 58.9 Å². The second kappa shape index (κ2) is 14.9. The van der Waals surface area contributed by atoms with Crippen molar-refractivity contribution in [1.82, 2.24) is 14.7 Å². The number of rotatable bonds is 16. The van der Waals surface area contributed by atoms with E-state index in [1.165, 1.54) is 4.90 Å². The zero-order valence-electron chi connectivity index (χ0n) is 18.0. The molecule has 0 bridgehead atoms. The van der Waals surface area contributed by atoms with Gasteiger partial charge in [0.1, 0.15) is 0 Å². The first-order chi connectivity index (χ1) is 12.5. The zero-order chi connectivity index (χ0) is 21.0. The minimum Gasteiger partial charge on any atom is -0.549 e. The summed E-state index contributed by atoms with van der Waals surface area (Å²) in [6.07, 6.45) is 0. The van der Waals surface area contributed by atoms with Crippen LogP contribution in [0.2, 0.25) is 0 Å². The molecule has 0 aromatic rings. The van der Waals surface area contributed by atoms with Crippen molar-refractivity contribution < 1.29 is 73.3 Å². The fraction of sp³-hybridized carbons (Fsp3) is 0.643. The Hall–Kier alpha value is -2.15. The van der Waals surface area contributed by atoms with Crippen LogP contribution in [0.4, 0.5) is 0 Å². The largest absolute Gasteiger partial charge is 2.00 e. The van der Waals surface area contributed by atoms with Crippen LogP contribution in [0, 0.1) is 0 Å². The van der Waals surface area contributed by atoms with Gasteiger partial charge in [-0.1, -0.05) is 0 Å². The minimum atomic E-state index is -1.54. The quantitative estimate of drug-likeness (QED) is 0.198. The molecule has 14 heteroatoms. The molecule has 0 amide bonds. The Morgan fingerprint density at radius 3 is 0.857 bits per heavy atom. The van der Waals surface area contributed by atoms with Gasteiger partial charge in [-0.25, -0.2) is 0 Å². The summed E-state index contributed by atoms with van der Waals surface area (Å²) >= 11 is 0. The summed E-state index contributed by atoms with van der Waals surface area (Å²) in [5.74, 6) is -7.67. The van der Waals surface area contributed by atoms with Gasteiger partial charge in [-0.15, -0.1) is 0 Å². The van der Waals surface area contributed by atoms with Gasteiger partial charge in [-0.05, 0) is 0 Å². The predicted octanol–water partition coefficient (Wildman–Crippen LogP) is -9.02. The molecule has 0 fully saturated rings. The Morgan fingerprint density at radius 2 is 0.643 bits per heavy atom. The van der Waals surface area contributed by atoms with Crippen molar-refractivity contribution in [3.63, 3.8) is 0 Å². The van der Waals surface area contributed by atoms with Crippen LogP contribution in [-0.2, 0) is 43.5 Å². The molecule has 28 heavy (non-hydrogen) atoms. The molecule has 0 spiro atoms. The maximum atomic E-state index is 10.8. The molecule has 0 atom stereocenters. The van der Waals surface area contributed by atoms with Crippen LogP contribution in [0.5, 0.6) is 0 Å². The summed E-state index contributed by atoms with van der Waals surface area (Å²) in [5.41, 5.74) is 0. The van der Waals surface area contributed by atoms with Gasteiger partial charge in [-0.3, -0.25) is 14.7 Å². The Balaban J connectivity index is -0.000000563. The number of carboxylic acid groups (broad SMARTS) is 5. The molecule has 0 radical (unpaired) electrons. The molecule has 154 valence electrons. The standard InChI is InChI=1S/C14H23N3O10.Zn/c18-10(19)5-15(1-3-16(6-11(20)21)7-12(22)23)2-4-17(8-13(24)25)9-14(26)27;/h1-9H2,(H,18,19)(H,20,21)(H,22,23)(H,24,25)(H,26,27);/q;+2/p-2. The fourth-order valence-corrected chi connectivity index (χ4v) is 2.18. The van der Waals surface area contributed by atoms with Gasteiger partial charge >= 0.3 is 23.8 Å². The Bertz CT molecular complexity index is 502. The van der Waals surface area contributed by atoms with Gasteiger partial charge < -0.3 is 49.5 Å². The molecule has 0 rings (SSSR count). The molecular weight excluding hydrogens is 436 g/mol. The van der Waals surface area contributed by atoms with E-state index < -0.39 is 62.6 Å². The normalized spacial score (nSPS) is 10.7. The number of nitrogens with zero attached hydrogens (tertiary/aromatic N) is 3. The molecule has 0 heterocycles. The third-order valence-corrected chi connectivity index (χ3v) is 3.23. The van der Waals surface area contributed by atoms with E-state index in [-0.39, 0.29) is 49.9 Å². The second-order valence-electron chi connectivity index (χ2n) is 5.56. The molecule has 0 aliphatic rings. The molecule has 0 aliphatic carbocycles. The summed E-state index contributed by atoms with van der Waals surface area (Å²) in [5, 5.41) is 53.3. The summed E-state index contributed by atoms with van der Waals surface area (Å²) in [6.45, 7) is -4.16. The van der Waals surface area contributed by atoms with E-state index in [0.29, 0.717) is 0 Å². The molecule has 0 saturated heterocycles. The summed E-state index contributed by atoms with van der Waals surface area (Å²) in [7, 11) is 0. The maximum absolute atomic E-state index is 10.8. The average Bonchev–Trinajstić information content (AvgIpc) is 2.46. The molecular formula is C14H21N3O10Zn. The number of carbonyl (C=O) groups is 5. The zero-order valence-corrected chi connectivity index (χ0v) is 18.0. The number of hydrogen-bond donors (Lipinski definition) is 0. The average molecular weight is 457 g/mol. The van der Waals surface area contributed by atoms with E-state index in [0.717, 1.165) is 9.80 Å². The number of carbonyl (C=O) groups excluding carboxylic acids is 5. The molecule has 0 unspecified atom stereocenters. The van der Waals surface area contributed by atoms with Crippen LogP contribution < -0.4 is 25.5 Å². The van der Waals surface area contributed by atoms with Crippen molar-refractivity contribution >= 4 is 29.8 Å². The summed E-state index contributed by atoms with van der Waals surface area (Å²) < 4.78 is 0. The van der Waals surface area contributed by atoms with Gasteiger partial charge in [0, 0.05) is 58.9 Å². The van der Waals surface area contributed by atoms with Gasteiger partial charge in [0.2, 0.25) is 0 Å². The van der Waals surface area contributed by atoms with Gasteiger partial charge in [-0.2, -0.15) is 0 Å². The monoisotopic (exact) mass is 455 g/mol. The first kappa shape index (κ1) is 28.1. The number of hydrogen-bond acceptors (Lipinski definition) is 13. The van der Waals surface area contributed by atoms with Crippen LogP contribution in [-0.4, -0.2) is 103 Å². The smallest absolute Gasteiger partial charge is 0.549 e. The van der Waals surface area contributed by atoms with E-state index in [4.69, 9.17) is 0 Å². The van der Waals surface area contributed by atoms with Crippen molar-refractivity contribution in [3.8, 4) is 0 Å². The SMILES string of the molecule is O=C([O-])CN(CCN(CC(=O)[O-])CC(=O)[O-])CCN(CC(=O)[O-])CC(=O)[O-].[H+].[H+].[H+].[Zn+2]. The summed E-state index contributed by atoms with van der Waals surface area (Å²) in [6, 6.07) is 0. The third-order valence-electron chi connectivity index (χ3n) is 3.23. The topological polar surface area (TPSA) is 210 Å². The van der Waals surface area contributed by atoms with Crippen molar-refractivity contribution in [1.29, 1.82) is 0 Å². The molecule has 0 aromatic heterocycles. The predicted molar refractivity (Wildman–Crippen MR) is 77.7 cm³/mol. The van der Waals surface area contributed by atoms with E-state index in [2.05, 4.69) is 0 Å². The first-order valence-electron chi connectivity index (χ1n) is 7.66. The van der Waals surface area contributed by atoms with Crippen LogP contribution in [0.25, 0.3) is 0 Å². The van der Waals surface area contributed by atoms with Gasteiger partial charge in [0.05, 0.1) is 29.8 Å². The molecule has 0 aromatic carbocycles. The first-order valence-corrected chi connectivity index (χ1v) is 7.66. The van der Waals surface area contributed by atoms with Crippen LogP contribution in [0.3, 0.4) is 0 Å². The Kier molecular flexibility index (Phi) is 14.9. The number of carboxylic acids is 5. The molecule has 0 N–H and O–H groups in total. The van der Waals surface area contributed by atoms with Gasteiger partial charge in [0.25, 0.3) is 0 Å². The van der Waals surface area contributed by atoms with Crippen LogP contribution in [0.1, 0.15) is 4.28 Å². The van der Waals surface area contributed by atoms with Gasteiger partial charge in [0.15, 0.2) is 0 Å². The maximum Gasteiger partial charge on any atom is 2.00 e. The van der Waals surface area contributed by atoms with E-state index in [9.17, 15) is 49.5 Å². The number of aliphatic carboxylic acids is 5. The van der Waals surface area contributed by atoms with Crippen LogP contribution in [0.15, 0.2) is 0 Å². The van der Waals surface area contributed by atoms with Crippen LogP contribution >= 0.6 is 0 Å². The van der Waals surface area contributed by atoms with Crippen molar-refractivity contribution in [3.05, 3.63) is 0 Å². The van der Waals surface area contributed by atoms with E-state index in [1.54, 1.807) is 0 Å². The van der Waals surface area contributed by atoms with E-state index >= 15 is 0 Å². The Labute approximate surface area is 177 Å². The molecule has 13 nitrogen and oxygen atoms in total. The summed E-state index contributed by atoms with van der Waals surface area (Å²) in [4.78, 5) is 56.4. The molecule has 0 saturated carbocycles. The third kappa shape index (κ3) is 16.1. The Morgan fingerprint density at radius 1 is 0.464 bits per heavy atom. The molecule has 0 aliphatic heterocycles.